The number of hydrogen-bond donors (Lipinski definition) is 1. The van der Waals surface area contributed by atoms with E-state index >= 15 is 0 Å². The van der Waals surface area contributed by atoms with Crippen molar-refractivity contribution >= 4 is 38.9 Å². The second-order valence-corrected chi connectivity index (χ2v) is 6.62. The lowest BCUT2D eigenvalue weighted by molar-refractivity contribution is -0.0429. The quantitative estimate of drug-likeness (QED) is 0.842. The predicted molar refractivity (Wildman–Crippen MR) is 79.4 cm³/mol. The van der Waals surface area contributed by atoms with Crippen molar-refractivity contribution < 1.29 is 26.3 Å². The van der Waals surface area contributed by atoms with E-state index < -0.39 is 21.2 Å². The first-order valence-corrected chi connectivity index (χ1v) is 8.00. The first kappa shape index (κ1) is 17.6. The van der Waals surface area contributed by atoms with Gasteiger partial charge in [-0.05, 0) is 24.3 Å². The Morgan fingerprint density at radius 2 is 1.83 bits per heavy atom. The molecule has 1 aromatic heterocycles. The molecule has 0 unspecified atom stereocenters. The zero-order valence-corrected chi connectivity index (χ0v) is 13.3. The molecule has 5 nitrogen and oxygen atoms in total. The molecule has 0 spiro atoms. The van der Waals surface area contributed by atoms with E-state index in [0.29, 0.717) is 5.02 Å². The number of ether oxygens (including phenoxy) is 1. The van der Waals surface area contributed by atoms with Gasteiger partial charge in [0.25, 0.3) is 0 Å². The first-order chi connectivity index (χ1) is 10.6. The smallest absolute Gasteiger partial charge is 0.452 e. The molecule has 23 heavy (non-hydrogen) atoms. The van der Waals surface area contributed by atoms with Gasteiger partial charge in [-0.1, -0.05) is 23.2 Å². The summed E-state index contributed by atoms with van der Waals surface area (Å²) in [4.78, 5) is 3.67. The molecule has 0 atom stereocenters. The summed E-state index contributed by atoms with van der Waals surface area (Å²) in [5, 5.41) is 0.414. The highest BCUT2D eigenvalue weighted by Gasteiger charge is 2.46. The average Bonchev–Trinajstić information content (AvgIpc) is 2.42. The fourth-order valence-corrected chi connectivity index (χ4v) is 2.45. The van der Waals surface area contributed by atoms with Gasteiger partial charge in [0.15, 0.2) is 5.75 Å². The van der Waals surface area contributed by atoms with E-state index in [2.05, 4.69) is 4.98 Å². The van der Waals surface area contributed by atoms with Crippen LogP contribution in [-0.2, 0) is 10.0 Å². The van der Waals surface area contributed by atoms with Crippen molar-refractivity contribution in [1.29, 1.82) is 0 Å². The third-order valence-electron chi connectivity index (χ3n) is 2.45. The summed E-state index contributed by atoms with van der Waals surface area (Å²) >= 11 is 11.6. The molecule has 0 amide bonds. The minimum atomic E-state index is -5.59. The number of sulfonamides is 1. The number of nitrogens with one attached hydrogen (secondary N) is 1. The fraction of sp³-hybridized carbons (Fsp3) is 0.0833. The molecule has 1 N–H and O–H groups in total. The molecule has 0 aliphatic carbocycles. The van der Waals surface area contributed by atoms with Crippen molar-refractivity contribution in [2.75, 3.05) is 4.72 Å². The standard InChI is InChI=1S/C12H7Cl2F3N2O3S/c13-7-1-2-10(8(14)5-7)22-11-6-18-4-3-9(11)19-23(20,21)12(15,16)17/h1-6H,(H,18,19). The summed E-state index contributed by atoms with van der Waals surface area (Å²) in [7, 11) is -5.59. The number of nitrogens with zero attached hydrogens (tertiary/aromatic N) is 1. The Bertz CT molecular complexity index is 829. The first-order valence-electron chi connectivity index (χ1n) is 5.76. The van der Waals surface area contributed by atoms with Crippen molar-refractivity contribution in [1.82, 2.24) is 4.98 Å². The zero-order valence-electron chi connectivity index (χ0n) is 10.9. The van der Waals surface area contributed by atoms with Crippen LogP contribution in [-0.4, -0.2) is 18.9 Å². The van der Waals surface area contributed by atoms with E-state index in [0.717, 1.165) is 18.5 Å². The van der Waals surface area contributed by atoms with Crippen LogP contribution in [0.2, 0.25) is 10.0 Å². The highest BCUT2D eigenvalue weighted by Crippen LogP contribution is 2.36. The maximum absolute atomic E-state index is 12.4. The Morgan fingerprint density at radius 3 is 2.43 bits per heavy atom. The molecule has 0 saturated heterocycles. The fourth-order valence-electron chi connectivity index (χ4n) is 1.42. The normalized spacial score (nSPS) is 12.0. The number of rotatable bonds is 4. The average molecular weight is 387 g/mol. The molecule has 2 rings (SSSR count). The molecule has 1 heterocycles. The van der Waals surface area contributed by atoms with Crippen LogP contribution in [0.1, 0.15) is 0 Å². The van der Waals surface area contributed by atoms with Crippen LogP contribution in [0.3, 0.4) is 0 Å². The van der Waals surface area contributed by atoms with Gasteiger partial charge in [0.05, 0.1) is 16.9 Å². The van der Waals surface area contributed by atoms with Crippen LogP contribution in [0, 0.1) is 0 Å². The molecule has 11 heteroatoms. The van der Waals surface area contributed by atoms with Gasteiger partial charge in [-0.3, -0.25) is 9.71 Å². The molecular weight excluding hydrogens is 380 g/mol. The SMILES string of the molecule is O=S(=O)(Nc1ccncc1Oc1ccc(Cl)cc1Cl)C(F)(F)F. The van der Waals surface area contributed by atoms with Gasteiger partial charge in [-0.25, -0.2) is 0 Å². The molecular formula is C12H7Cl2F3N2O3S. The Kier molecular flexibility index (Phi) is 4.92. The Morgan fingerprint density at radius 1 is 1.13 bits per heavy atom. The summed E-state index contributed by atoms with van der Waals surface area (Å²) in [5.41, 5.74) is -5.91. The lowest BCUT2D eigenvalue weighted by Crippen LogP contribution is -2.30. The minimum absolute atomic E-state index is 0.0662. The number of halogens is 5. The number of hydrogen-bond acceptors (Lipinski definition) is 4. The summed E-state index contributed by atoms with van der Waals surface area (Å²) in [5.74, 6) is -0.193. The third-order valence-corrected chi connectivity index (χ3v) is 4.08. The van der Waals surface area contributed by atoms with Crippen molar-refractivity contribution in [3.05, 3.63) is 46.7 Å². The summed E-state index contributed by atoms with van der Waals surface area (Å²) < 4.78 is 66.4. The number of aromatic nitrogens is 1. The molecule has 0 aliphatic rings. The van der Waals surface area contributed by atoms with Crippen LogP contribution < -0.4 is 9.46 Å². The topological polar surface area (TPSA) is 68.3 Å². The number of anilines is 1. The molecule has 124 valence electrons. The number of benzene rings is 1. The van der Waals surface area contributed by atoms with Gasteiger partial charge in [0, 0.05) is 11.2 Å². The van der Waals surface area contributed by atoms with Crippen LogP contribution in [0.4, 0.5) is 18.9 Å². The molecule has 0 fully saturated rings. The minimum Gasteiger partial charge on any atom is -0.452 e. The second-order valence-electron chi connectivity index (χ2n) is 4.10. The van der Waals surface area contributed by atoms with E-state index in [1.165, 1.54) is 22.9 Å². The molecule has 2 aromatic rings. The van der Waals surface area contributed by atoms with E-state index in [1.807, 2.05) is 0 Å². The number of pyridine rings is 1. The highest BCUT2D eigenvalue weighted by molar-refractivity contribution is 7.93. The van der Waals surface area contributed by atoms with Gasteiger partial charge >= 0.3 is 15.5 Å². The molecule has 0 radical (unpaired) electrons. The molecule has 0 bridgehead atoms. The predicted octanol–water partition coefficient (Wildman–Crippen LogP) is 4.44. The van der Waals surface area contributed by atoms with Crippen LogP contribution in [0.25, 0.3) is 0 Å². The highest BCUT2D eigenvalue weighted by atomic mass is 35.5. The van der Waals surface area contributed by atoms with Gasteiger partial charge in [-0.2, -0.15) is 21.6 Å². The van der Waals surface area contributed by atoms with Crippen LogP contribution >= 0.6 is 23.2 Å². The van der Waals surface area contributed by atoms with E-state index in [9.17, 15) is 21.6 Å². The maximum Gasteiger partial charge on any atom is 0.516 e. The zero-order chi connectivity index (χ0) is 17.3. The second kappa shape index (κ2) is 6.42. The lowest BCUT2D eigenvalue weighted by Gasteiger charge is -2.14. The Labute approximate surface area is 139 Å². The van der Waals surface area contributed by atoms with Crippen molar-refractivity contribution in [3.63, 3.8) is 0 Å². The van der Waals surface area contributed by atoms with Gasteiger partial charge in [0.2, 0.25) is 0 Å². The molecule has 0 aliphatic heterocycles. The Balaban J connectivity index is 2.35. The Hall–Kier alpha value is -1.71. The van der Waals surface area contributed by atoms with Crippen molar-refractivity contribution in [2.45, 2.75) is 5.51 Å². The lowest BCUT2D eigenvalue weighted by atomic mass is 10.3. The van der Waals surface area contributed by atoms with Crippen LogP contribution in [0.5, 0.6) is 11.5 Å². The summed E-state index contributed by atoms with van der Waals surface area (Å²) in [6, 6.07) is 5.19. The monoisotopic (exact) mass is 386 g/mol. The van der Waals surface area contributed by atoms with E-state index in [1.54, 1.807) is 0 Å². The van der Waals surface area contributed by atoms with Gasteiger partial charge in [0.1, 0.15) is 5.75 Å². The largest absolute Gasteiger partial charge is 0.516 e. The molecule has 0 saturated carbocycles. The van der Waals surface area contributed by atoms with Gasteiger partial charge in [-0.15, -0.1) is 0 Å². The van der Waals surface area contributed by atoms with Crippen molar-refractivity contribution in [2.24, 2.45) is 0 Å². The summed E-state index contributed by atoms with van der Waals surface area (Å²) in [6.07, 6.45) is 2.14. The van der Waals surface area contributed by atoms with E-state index in [-0.39, 0.29) is 16.5 Å². The summed E-state index contributed by atoms with van der Waals surface area (Å²) in [6.45, 7) is 0. The number of alkyl halides is 3. The maximum atomic E-state index is 12.4. The van der Waals surface area contributed by atoms with Crippen LogP contribution in [0.15, 0.2) is 36.7 Å². The van der Waals surface area contributed by atoms with E-state index in [4.69, 9.17) is 27.9 Å². The third kappa shape index (κ3) is 4.18. The van der Waals surface area contributed by atoms with Gasteiger partial charge < -0.3 is 4.74 Å². The van der Waals surface area contributed by atoms with Crippen molar-refractivity contribution in [3.8, 4) is 11.5 Å². The molecule has 1 aromatic carbocycles.